The van der Waals surface area contributed by atoms with Crippen molar-refractivity contribution < 1.29 is 0 Å². The maximum atomic E-state index is 3.70. The first-order valence-electron chi connectivity index (χ1n) is 6.88. The second kappa shape index (κ2) is 5.18. The monoisotopic (exact) mass is 305 g/mol. The van der Waals surface area contributed by atoms with E-state index in [1.165, 1.54) is 18.4 Å². The molecule has 0 radical (unpaired) electrons. The lowest BCUT2D eigenvalue weighted by molar-refractivity contribution is 0.326. The van der Waals surface area contributed by atoms with Crippen LogP contribution in [0.2, 0.25) is 0 Å². The van der Waals surface area contributed by atoms with Crippen LogP contribution in [0.1, 0.15) is 25.3 Å². The summed E-state index contributed by atoms with van der Waals surface area (Å²) in [5.41, 5.74) is 1.36. The molecule has 2 heteroatoms. The van der Waals surface area contributed by atoms with Gasteiger partial charge >= 0.3 is 0 Å². The third kappa shape index (κ3) is 2.55. The van der Waals surface area contributed by atoms with Crippen LogP contribution in [0.4, 0.5) is 0 Å². The molecule has 3 rings (SSSR count). The van der Waals surface area contributed by atoms with Gasteiger partial charge in [0, 0.05) is 17.1 Å². The molecule has 2 bridgehead atoms. The van der Waals surface area contributed by atoms with E-state index in [9.17, 15) is 0 Å². The standard InChI is InChI=1S/C16H20BrN/c1-11(16-9-13-2-5-14(16)8-13)18-10-12-3-6-15(17)7-4-12/h2-7,11,13-14,16,18H,8-10H2,1H3. The Kier molecular flexibility index (Phi) is 3.58. The highest BCUT2D eigenvalue weighted by atomic mass is 79.9. The van der Waals surface area contributed by atoms with Gasteiger partial charge < -0.3 is 5.32 Å². The number of nitrogens with one attached hydrogen (secondary N) is 1. The van der Waals surface area contributed by atoms with Crippen LogP contribution in [-0.4, -0.2) is 6.04 Å². The molecule has 4 unspecified atom stereocenters. The second-order valence-corrected chi connectivity index (χ2v) is 6.66. The number of fused-ring (bicyclic) bond motifs is 2. The summed E-state index contributed by atoms with van der Waals surface area (Å²) in [5, 5.41) is 3.70. The molecule has 1 aromatic rings. The summed E-state index contributed by atoms with van der Waals surface area (Å²) in [6.07, 6.45) is 7.64. The first kappa shape index (κ1) is 12.4. The molecule has 1 saturated carbocycles. The van der Waals surface area contributed by atoms with Crippen LogP contribution >= 0.6 is 15.9 Å². The van der Waals surface area contributed by atoms with E-state index in [2.05, 4.69) is 64.6 Å². The molecule has 2 aliphatic rings. The number of hydrogen-bond acceptors (Lipinski definition) is 1. The molecule has 0 saturated heterocycles. The van der Waals surface area contributed by atoms with Gasteiger partial charge in [0.1, 0.15) is 0 Å². The normalized spacial score (nSPS) is 30.9. The first-order chi connectivity index (χ1) is 8.72. The fourth-order valence-electron chi connectivity index (χ4n) is 3.43. The molecule has 1 fully saturated rings. The van der Waals surface area contributed by atoms with Crippen LogP contribution in [0, 0.1) is 17.8 Å². The highest BCUT2D eigenvalue weighted by molar-refractivity contribution is 9.10. The van der Waals surface area contributed by atoms with Crippen molar-refractivity contribution in [2.45, 2.75) is 32.4 Å². The molecule has 1 aromatic carbocycles. The van der Waals surface area contributed by atoms with Gasteiger partial charge in [0.05, 0.1) is 0 Å². The molecule has 1 nitrogen and oxygen atoms in total. The van der Waals surface area contributed by atoms with Crippen LogP contribution in [0.25, 0.3) is 0 Å². The minimum absolute atomic E-state index is 0.619. The van der Waals surface area contributed by atoms with Gasteiger partial charge in [0.15, 0.2) is 0 Å². The Balaban J connectivity index is 1.54. The predicted octanol–water partition coefficient (Wildman–Crippen LogP) is 4.14. The summed E-state index contributed by atoms with van der Waals surface area (Å²) in [4.78, 5) is 0. The summed E-state index contributed by atoms with van der Waals surface area (Å²) in [6.45, 7) is 3.32. The summed E-state index contributed by atoms with van der Waals surface area (Å²) < 4.78 is 1.15. The van der Waals surface area contributed by atoms with Crippen molar-refractivity contribution in [3.8, 4) is 0 Å². The molecule has 0 aliphatic heterocycles. The van der Waals surface area contributed by atoms with Gasteiger partial charge in [0.2, 0.25) is 0 Å². The Bertz CT molecular complexity index is 437. The zero-order valence-electron chi connectivity index (χ0n) is 10.8. The Labute approximate surface area is 118 Å². The number of halogens is 1. The zero-order valence-corrected chi connectivity index (χ0v) is 12.4. The maximum Gasteiger partial charge on any atom is 0.0208 e. The van der Waals surface area contributed by atoms with Crippen molar-refractivity contribution in [1.82, 2.24) is 5.32 Å². The van der Waals surface area contributed by atoms with Crippen LogP contribution in [0.3, 0.4) is 0 Å². The first-order valence-corrected chi connectivity index (χ1v) is 7.68. The lowest BCUT2D eigenvalue weighted by atomic mass is 9.87. The van der Waals surface area contributed by atoms with Crippen molar-refractivity contribution in [3.05, 3.63) is 46.5 Å². The van der Waals surface area contributed by atoms with Gasteiger partial charge in [0.25, 0.3) is 0 Å². The fourth-order valence-corrected chi connectivity index (χ4v) is 3.69. The molecule has 0 amide bonds. The van der Waals surface area contributed by atoms with Gasteiger partial charge in [-0.25, -0.2) is 0 Å². The topological polar surface area (TPSA) is 12.0 Å². The third-order valence-corrected chi connectivity index (χ3v) is 5.04. The van der Waals surface area contributed by atoms with E-state index in [0.717, 1.165) is 28.8 Å². The van der Waals surface area contributed by atoms with E-state index in [1.807, 2.05) is 0 Å². The summed E-state index contributed by atoms with van der Waals surface area (Å²) in [5.74, 6) is 2.55. The molecule has 96 valence electrons. The van der Waals surface area contributed by atoms with E-state index >= 15 is 0 Å². The lowest BCUT2D eigenvalue weighted by Crippen LogP contribution is -2.35. The molecule has 18 heavy (non-hydrogen) atoms. The molecular formula is C16H20BrN. The summed E-state index contributed by atoms with van der Waals surface area (Å²) in [6, 6.07) is 9.22. The second-order valence-electron chi connectivity index (χ2n) is 5.74. The zero-order chi connectivity index (χ0) is 12.5. The van der Waals surface area contributed by atoms with Crippen LogP contribution in [-0.2, 0) is 6.54 Å². The van der Waals surface area contributed by atoms with Crippen molar-refractivity contribution in [2.75, 3.05) is 0 Å². The van der Waals surface area contributed by atoms with Crippen LogP contribution in [0.15, 0.2) is 40.9 Å². The smallest absolute Gasteiger partial charge is 0.0208 e. The average Bonchev–Trinajstić information content (AvgIpc) is 3.00. The molecule has 0 spiro atoms. The Morgan fingerprint density at radius 3 is 2.61 bits per heavy atom. The van der Waals surface area contributed by atoms with Crippen LogP contribution < -0.4 is 5.32 Å². The summed E-state index contributed by atoms with van der Waals surface area (Å²) in [7, 11) is 0. The van der Waals surface area contributed by atoms with Crippen molar-refractivity contribution in [1.29, 1.82) is 0 Å². The molecule has 1 N–H and O–H groups in total. The highest BCUT2D eigenvalue weighted by Crippen LogP contribution is 2.44. The Morgan fingerprint density at radius 2 is 2.00 bits per heavy atom. The van der Waals surface area contributed by atoms with Crippen molar-refractivity contribution in [3.63, 3.8) is 0 Å². The van der Waals surface area contributed by atoms with Gasteiger partial charge in [-0.15, -0.1) is 0 Å². The van der Waals surface area contributed by atoms with Gasteiger partial charge in [-0.1, -0.05) is 40.2 Å². The quantitative estimate of drug-likeness (QED) is 0.824. The Morgan fingerprint density at radius 1 is 1.22 bits per heavy atom. The van der Waals surface area contributed by atoms with Gasteiger partial charge in [-0.3, -0.25) is 0 Å². The van der Waals surface area contributed by atoms with E-state index in [1.54, 1.807) is 0 Å². The molecule has 2 aliphatic carbocycles. The minimum atomic E-state index is 0.619. The molecule has 4 atom stereocenters. The fraction of sp³-hybridized carbons (Fsp3) is 0.500. The van der Waals surface area contributed by atoms with E-state index in [-0.39, 0.29) is 0 Å². The van der Waals surface area contributed by atoms with E-state index in [0.29, 0.717) is 6.04 Å². The van der Waals surface area contributed by atoms with Crippen molar-refractivity contribution in [2.24, 2.45) is 17.8 Å². The van der Waals surface area contributed by atoms with E-state index < -0.39 is 0 Å². The third-order valence-electron chi connectivity index (χ3n) is 4.51. The number of benzene rings is 1. The van der Waals surface area contributed by atoms with E-state index in [4.69, 9.17) is 0 Å². The Hall–Kier alpha value is -0.600. The minimum Gasteiger partial charge on any atom is -0.310 e. The average molecular weight is 306 g/mol. The maximum absolute atomic E-state index is 3.70. The number of allylic oxidation sites excluding steroid dienone is 2. The molecular weight excluding hydrogens is 286 g/mol. The molecule has 0 aromatic heterocycles. The predicted molar refractivity (Wildman–Crippen MR) is 79.3 cm³/mol. The molecule has 0 heterocycles. The van der Waals surface area contributed by atoms with Gasteiger partial charge in [-0.2, -0.15) is 0 Å². The van der Waals surface area contributed by atoms with Crippen molar-refractivity contribution >= 4 is 15.9 Å². The number of hydrogen-bond donors (Lipinski definition) is 1. The lowest BCUT2D eigenvalue weighted by Gasteiger charge is -2.26. The largest absolute Gasteiger partial charge is 0.310 e. The number of rotatable bonds is 4. The van der Waals surface area contributed by atoms with Crippen LogP contribution in [0.5, 0.6) is 0 Å². The van der Waals surface area contributed by atoms with Gasteiger partial charge in [-0.05, 0) is 55.2 Å². The SMILES string of the molecule is CC(NCc1ccc(Br)cc1)C1CC2C=CC1C2. The summed E-state index contributed by atoms with van der Waals surface area (Å²) >= 11 is 3.47. The highest BCUT2D eigenvalue weighted by Gasteiger charge is 2.38.